The number of aromatic nitrogens is 3. The van der Waals surface area contributed by atoms with Crippen LogP contribution in [-0.2, 0) is 11.2 Å². The van der Waals surface area contributed by atoms with Crippen molar-refractivity contribution in [3.8, 4) is 11.1 Å². The molecule has 1 unspecified atom stereocenters. The summed E-state index contributed by atoms with van der Waals surface area (Å²) in [6.07, 6.45) is 0.577. The molecule has 0 aliphatic rings. The van der Waals surface area contributed by atoms with Crippen molar-refractivity contribution in [1.29, 1.82) is 0 Å². The largest absolute Gasteiger partial charge is 0.337 e. The normalized spacial score (nSPS) is 12.1. The molecular formula is C22H19FN4O3. The molecule has 0 bridgehead atoms. The van der Waals surface area contributed by atoms with Gasteiger partial charge in [0.15, 0.2) is 0 Å². The minimum Gasteiger partial charge on any atom is -0.337 e. The summed E-state index contributed by atoms with van der Waals surface area (Å²) in [5, 5.41) is 14.4. The van der Waals surface area contributed by atoms with Gasteiger partial charge < -0.3 is 4.52 Å². The first-order valence-electron chi connectivity index (χ1n) is 9.52. The lowest BCUT2D eigenvalue weighted by atomic mass is 10.00. The molecule has 0 fully saturated rings. The van der Waals surface area contributed by atoms with E-state index in [4.69, 9.17) is 4.52 Å². The molecule has 0 saturated carbocycles. The second-order valence-corrected chi connectivity index (χ2v) is 6.89. The summed E-state index contributed by atoms with van der Waals surface area (Å²) < 4.78 is 18.7. The van der Waals surface area contributed by atoms with E-state index < -0.39 is 5.92 Å². The van der Waals surface area contributed by atoms with Crippen molar-refractivity contribution in [2.45, 2.75) is 26.2 Å². The van der Waals surface area contributed by atoms with Crippen LogP contribution < -0.4 is 10.9 Å². The van der Waals surface area contributed by atoms with E-state index in [1.165, 1.54) is 12.1 Å². The van der Waals surface area contributed by atoms with E-state index in [0.717, 1.165) is 0 Å². The quantitative estimate of drug-likeness (QED) is 0.521. The molecule has 4 aromatic rings. The fourth-order valence-electron chi connectivity index (χ4n) is 3.37. The lowest BCUT2D eigenvalue weighted by molar-refractivity contribution is -0.117. The number of carbonyl (C=O) groups excluding carboxylic acids is 1. The van der Waals surface area contributed by atoms with Crippen LogP contribution in [0.2, 0.25) is 0 Å². The number of anilines is 1. The lowest BCUT2D eigenvalue weighted by Crippen LogP contribution is -2.22. The third-order valence-corrected chi connectivity index (χ3v) is 5.00. The van der Waals surface area contributed by atoms with Gasteiger partial charge in [0.25, 0.3) is 5.56 Å². The number of nitrogens with zero attached hydrogens (tertiary/aromatic N) is 2. The van der Waals surface area contributed by atoms with Crippen LogP contribution in [-0.4, -0.2) is 21.3 Å². The van der Waals surface area contributed by atoms with Crippen LogP contribution in [0.25, 0.3) is 21.9 Å². The van der Waals surface area contributed by atoms with E-state index in [2.05, 4.69) is 20.7 Å². The number of aryl methyl sites for hydroxylation is 1. The summed E-state index contributed by atoms with van der Waals surface area (Å²) >= 11 is 0. The molecule has 2 heterocycles. The first kappa shape index (κ1) is 19.5. The SMILES string of the molecule is CCc1noc(NC(=O)C(C)c2n[nH]c(=O)c3ccccc23)c1-c1ccc(F)cc1. The van der Waals surface area contributed by atoms with Crippen LogP contribution in [0.15, 0.2) is 57.8 Å². The van der Waals surface area contributed by atoms with Crippen molar-refractivity contribution >= 4 is 22.6 Å². The lowest BCUT2D eigenvalue weighted by Gasteiger charge is -2.13. The molecule has 2 aromatic heterocycles. The van der Waals surface area contributed by atoms with Crippen LogP contribution in [0.5, 0.6) is 0 Å². The van der Waals surface area contributed by atoms with Crippen LogP contribution in [0, 0.1) is 5.82 Å². The van der Waals surface area contributed by atoms with Crippen LogP contribution >= 0.6 is 0 Å². The van der Waals surface area contributed by atoms with Gasteiger partial charge in [-0.2, -0.15) is 5.10 Å². The number of amides is 1. The average Bonchev–Trinajstić information content (AvgIpc) is 3.17. The molecule has 2 aromatic carbocycles. The Balaban J connectivity index is 1.68. The second kappa shape index (κ2) is 7.90. The van der Waals surface area contributed by atoms with Gasteiger partial charge in [-0.3, -0.25) is 14.9 Å². The van der Waals surface area contributed by atoms with Crippen molar-refractivity contribution in [2.24, 2.45) is 0 Å². The Kier molecular flexibility index (Phi) is 5.14. The maximum Gasteiger partial charge on any atom is 0.272 e. The van der Waals surface area contributed by atoms with E-state index in [9.17, 15) is 14.0 Å². The highest BCUT2D eigenvalue weighted by Gasteiger charge is 2.24. The standard InChI is InChI=1S/C22H19FN4O3/c1-3-17-18(13-8-10-14(23)11-9-13)22(30-27-17)24-20(28)12(2)19-15-6-4-5-7-16(15)21(29)26-25-19/h4-12H,3H2,1-2H3,(H,24,28)(H,26,29). The third kappa shape index (κ3) is 3.47. The average molecular weight is 406 g/mol. The van der Waals surface area contributed by atoms with Crippen LogP contribution in [0.3, 0.4) is 0 Å². The Labute approximate surface area is 170 Å². The zero-order valence-corrected chi connectivity index (χ0v) is 16.4. The van der Waals surface area contributed by atoms with Gasteiger partial charge >= 0.3 is 0 Å². The Morgan fingerprint density at radius 2 is 1.87 bits per heavy atom. The number of H-pyrrole nitrogens is 1. The van der Waals surface area contributed by atoms with Crippen LogP contribution in [0.1, 0.15) is 31.2 Å². The molecule has 0 aliphatic carbocycles. The Hall–Kier alpha value is -3.81. The zero-order valence-electron chi connectivity index (χ0n) is 16.4. The minimum absolute atomic E-state index is 0.184. The van der Waals surface area contributed by atoms with Gasteiger partial charge in [-0.05, 0) is 37.1 Å². The molecule has 8 heteroatoms. The van der Waals surface area contributed by atoms with Gasteiger partial charge in [0.05, 0.1) is 28.3 Å². The molecular weight excluding hydrogens is 387 g/mol. The molecule has 152 valence electrons. The van der Waals surface area contributed by atoms with Gasteiger partial charge in [0.2, 0.25) is 11.8 Å². The minimum atomic E-state index is -0.678. The molecule has 2 N–H and O–H groups in total. The number of carbonyl (C=O) groups is 1. The Morgan fingerprint density at radius 3 is 2.57 bits per heavy atom. The maximum absolute atomic E-state index is 13.3. The van der Waals surface area contributed by atoms with Gasteiger partial charge in [-0.15, -0.1) is 0 Å². The van der Waals surface area contributed by atoms with Crippen molar-refractivity contribution in [2.75, 3.05) is 5.32 Å². The van der Waals surface area contributed by atoms with Crippen molar-refractivity contribution in [3.05, 3.63) is 76.1 Å². The maximum atomic E-state index is 13.3. The van der Waals surface area contributed by atoms with Gasteiger partial charge in [0, 0.05) is 5.39 Å². The number of hydrogen-bond donors (Lipinski definition) is 2. The summed E-state index contributed by atoms with van der Waals surface area (Å²) in [7, 11) is 0. The van der Waals surface area contributed by atoms with Crippen molar-refractivity contribution < 1.29 is 13.7 Å². The summed E-state index contributed by atoms with van der Waals surface area (Å²) in [5.74, 6) is -1.22. The summed E-state index contributed by atoms with van der Waals surface area (Å²) in [6, 6.07) is 12.9. The molecule has 0 saturated heterocycles. The van der Waals surface area contributed by atoms with Crippen molar-refractivity contribution in [1.82, 2.24) is 15.4 Å². The smallest absolute Gasteiger partial charge is 0.272 e. The van der Waals surface area contributed by atoms with Gasteiger partial charge in [-0.25, -0.2) is 9.49 Å². The molecule has 0 aliphatic heterocycles. The molecule has 4 rings (SSSR count). The first-order chi connectivity index (χ1) is 14.5. The Bertz CT molecular complexity index is 1280. The zero-order chi connectivity index (χ0) is 21.3. The fraction of sp³-hybridized carbons (Fsp3) is 0.182. The molecule has 7 nitrogen and oxygen atoms in total. The van der Waals surface area contributed by atoms with E-state index >= 15 is 0 Å². The van der Waals surface area contributed by atoms with E-state index in [0.29, 0.717) is 39.7 Å². The predicted octanol–water partition coefficient (Wildman–Crippen LogP) is 4.02. The number of nitrogens with one attached hydrogen (secondary N) is 2. The summed E-state index contributed by atoms with van der Waals surface area (Å²) in [6.45, 7) is 3.60. The number of rotatable bonds is 5. The summed E-state index contributed by atoms with van der Waals surface area (Å²) in [4.78, 5) is 25.0. The molecule has 1 atom stereocenters. The number of fused-ring (bicyclic) bond motifs is 1. The third-order valence-electron chi connectivity index (χ3n) is 5.00. The van der Waals surface area contributed by atoms with Gasteiger partial charge in [0.1, 0.15) is 5.82 Å². The predicted molar refractivity (Wildman–Crippen MR) is 111 cm³/mol. The molecule has 1 amide bonds. The summed E-state index contributed by atoms with van der Waals surface area (Å²) in [5.41, 5.74) is 2.07. The van der Waals surface area contributed by atoms with Crippen molar-refractivity contribution in [3.63, 3.8) is 0 Å². The van der Waals surface area contributed by atoms with Gasteiger partial charge in [-0.1, -0.05) is 42.4 Å². The molecule has 0 spiro atoms. The number of hydrogen-bond acceptors (Lipinski definition) is 5. The van der Waals surface area contributed by atoms with E-state index in [1.807, 2.05) is 6.92 Å². The number of aromatic amines is 1. The van der Waals surface area contributed by atoms with Crippen LogP contribution in [0.4, 0.5) is 10.3 Å². The van der Waals surface area contributed by atoms with E-state index in [1.54, 1.807) is 43.3 Å². The highest BCUT2D eigenvalue weighted by atomic mass is 19.1. The topological polar surface area (TPSA) is 101 Å². The second-order valence-electron chi connectivity index (χ2n) is 6.89. The van der Waals surface area contributed by atoms with E-state index in [-0.39, 0.29) is 23.2 Å². The first-order valence-corrected chi connectivity index (χ1v) is 9.52. The Morgan fingerprint density at radius 1 is 1.17 bits per heavy atom. The molecule has 0 radical (unpaired) electrons. The highest BCUT2D eigenvalue weighted by molar-refractivity contribution is 6.00. The monoisotopic (exact) mass is 406 g/mol. The number of benzene rings is 2. The number of halogens is 1. The molecule has 30 heavy (non-hydrogen) atoms. The highest BCUT2D eigenvalue weighted by Crippen LogP contribution is 2.33. The fourth-order valence-corrected chi connectivity index (χ4v) is 3.37.